The van der Waals surface area contributed by atoms with Gasteiger partial charge in [-0.25, -0.2) is 0 Å². The lowest BCUT2D eigenvalue weighted by Gasteiger charge is -2.43. The monoisotopic (exact) mass is 238 g/mol. The van der Waals surface area contributed by atoms with Gasteiger partial charge in [0.05, 0.1) is 5.54 Å². The smallest absolute Gasteiger partial charge is 0.242 e. The molecular weight excluding hydrogens is 212 g/mol. The molecule has 2 rings (SSSR count). The number of hydrogen-bond acceptors (Lipinski definition) is 2. The highest BCUT2D eigenvalue weighted by molar-refractivity contribution is 5.86. The summed E-state index contributed by atoms with van der Waals surface area (Å²) in [6.45, 7) is 5.34. The van der Waals surface area contributed by atoms with Crippen molar-refractivity contribution in [3.63, 3.8) is 0 Å². The van der Waals surface area contributed by atoms with Crippen molar-refractivity contribution in [1.29, 1.82) is 0 Å². The number of piperidine rings is 1. The van der Waals surface area contributed by atoms with Gasteiger partial charge in [-0.15, -0.1) is 0 Å². The minimum atomic E-state index is -0.549. The molecule has 1 amide bonds. The summed E-state index contributed by atoms with van der Waals surface area (Å²) in [5, 5.41) is 0. The summed E-state index contributed by atoms with van der Waals surface area (Å²) >= 11 is 0. The Hall–Kier alpha value is -0.570. The average molecular weight is 238 g/mol. The van der Waals surface area contributed by atoms with E-state index in [4.69, 9.17) is 5.73 Å². The lowest BCUT2D eigenvalue weighted by Crippen LogP contribution is -2.59. The van der Waals surface area contributed by atoms with Crippen LogP contribution in [0.1, 0.15) is 58.8 Å². The topological polar surface area (TPSA) is 46.3 Å². The summed E-state index contributed by atoms with van der Waals surface area (Å²) in [5.41, 5.74) is 5.79. The van der Waals surface area contributed by atoms with E-state index in [0.29, 0.717) is 6.04 Å². The third kappa shape index (κ3) is 2.65. The number of nitrogens with two attached hydrogens (primary N) is 1. The fourth-order valence-electron chi connectivity index (χ4n) is 3.39. The van der Waals surface area contributed by atoms with E-state index < -0.39 is 5.54 Å². The Bertz CT molecular complexity index is 284. The Morgan fingerprint density at radius 3 is 2.47 bits per heavy atom. The molecule has 1 aliphatic heterocycles. The highest BCUT2D eigenvalue weighted by Crippen LogP contribution is 2.31. The molecule has 1 saturated carbocycles. The SMILES string of the molecule is CC1CCN(C(=O)C2(N)CCCCC2)C(C)C1. The Kier molecular flexibility index (Phi) is 3.76. The van der Waals surface area contributed by atoms with Crippen molar-refractivity contribution in [2.45, 2.75) is 70.4 Å². The zero-order valence-corrected chi connectivity index (χ0v) is 11.2. The molecule has 1 heterocycles. The predicted octanol–water partition coefficient (Wildman–Crippen LogP) is 2.29. The Morgan fingerprint density at radius 2 is 1.88 bits per heavy atom. The molecular formula is C14H26N2O. The van der Waals surface area contributed by atoms with Gasteiger partial charge < -0.3 is 10.6 Å². The fraction of sp³-hybridized carbons (Fsp3) is 0.929. The number of hydrogen-bond donors (Lipinski definition) is 1. The van der Waals surface area contributed by atoms with Gasteiger partial charge in [-0.3, -0.25) is 4.79 Å². The van der Waals surface area contributed by atoms with Gasteiger partial charge in [0.25, 0.3) is 0 Å². The Labute approximate surface area is 105 Å². The number of likely N-dealkylation sites (tertiary alicyclic amines) is 1. The summed E-state index contributed by atoms with van der Waals surface area (Å²) < 4.78 is 0. The largest absolute Gasteiger partial charge is 0.338 e. The minimum Gasteiger partial charge on any atom is -0.338 e. The molecule has 0 radical (unpaired) electrons. The Balaban J connectivity index is 2.03. The van der Waals surface area contributed by atoms with E-state index in [1.807, 2.05) is 4.90 Å². The summed E-state index contributed by atoms with van der Waals surface area (Å²) in [4.78, 5) is 14.6. The van der Waals surface area contributed by atoms with Crippen LogP contribution in [0.2, 0.25) is 0 Å². The van der Waals surface area contributed by atoms with Crippen LogP contribution >= 0.6 is 0 Å². The first-order chi connectivity index (χ1) is 8.03. The standard InChI is InChI=1S/C14H26N2O/c1-11-6-9-16(12(2)10-11)13(17)14(15)7-4-3-5-8-14/h11-12H,3-10,15H2,1-2H3. The van der Waals surface area contributed by atoms with Crippen molar-refractivity contribution >= 4 is 5.91 Å². The van der Waals surface area contributed by atoms with E-state index in [1.165, 1.54) is 6.42 Å². The molecule has 0 bridgehead atoms. The van der Waals surface area contributed by atoms with Crippen LogP contribution in [0.3, 0.4) is 0 Å². The molecule has 17 heavy (non-hydrogen) atoms. The molecule has 2 atom stereocenters. The van der Waals surface area contributed by atoms with Crippen molar-refractivity contribution < 1.29 is 4.79 Å². The second-order valence-corrected chi connectivity index (χ2v) is 6.19. The molecule has 0 aromatic rings. The van der Waals surface area contributed by atoms with Crippen molar-refractivity contribution in [2.24, 2.45) is 11.7 Å². The number of carbonyl (C=O) groups excluding carboxylic acids is 1. The fourth-order valence-corrected chi connectivity index (χ4v) is 3.39. The molecule has 1 aliphatic carbocycles. The summed E-state index contributed by atoms with van der Waals surface area (Å²) in [6, 6.07) is 0.369. The maximum atomic E-state index is 12.6. The van der Waals surface area contributed by atoms with Gasteiger partial charge in [0.2, 0.25) is 5.91 Å². The zero-order chi connectivity index (χ0) is 12.5. The summed E-state index contributed by atoms with van der Waals surface area (Å²) in [7, 11) is 0. The molecule has 0 aromatic carbocycles. The van der Waals surface area contributed by atoms with Crippen LogP contribution in [0.15, 0.2) is 0 Å². The predicted molar refractivity (Wildman–Crippen MR) is 69.6 cm³/mol. The molecule has 2 fully saturated rings. The van der Waals surface area contributed by atoms with Crippen LogP contribution in [-0.4, -0.2) is 28.9 Å². The minimum absolute atomic E-state index is 0.219. The first kappa shape index (κ1) is 12.9. The van der Waals surface area contributed by atoms with E-state index in [2.05, 4.69) is 13.8 Å². The van der Waals surface area contributed by atoms with E-state index in [0.717, 1.165) is 51.0 Å². The maximum absolute atomic E-state index is 12.6. The van der Waals surface area contributed by atoms with Crippen molar-refractivity contribution in [2.75, 3.05) is 6.54 Å². The molecule has 2 unspecified atom stereocenters. The third-order valence-electron chi connectivity index (χ3n) is 4.57. The second kappa shape index (κ2) is 4.97. The van der Waals surface area contributed by atoms with Crippen LogP contribution in [0.4, 0.5) is 0 Å². The molecule has 1 saturated heterocycles. The van der Waals surface area contributed by atoms with Crippen LogP contribution in [0, 0.1) is 5.92 Å². The van der Waals surface area contributed by atoms with E-state index in [1.54, 1.807) is 0 Å². The molecule has 3 nitrogen and oxygen atoms in total. The number of rotatable bonds is 1. The van der Waals surface area contributed by atoms with Crippen LogP contribution in [0.25, 0.3) is 0 Å². The molecule has 98 valence electrons. The highest BCUT2D eigenvalue weighted by atomic mass is 16.2. The van der Waals surface area contributed by atoms with Crippen LogP contribution in [0.5, 0.6) is 0 Å². The first-order valence-electron chi connectivity index (χ1n) is 7.13. The lowest BCUT2D eigenvalue weighted by molar-refractivity contribution is -0.142. The normalized spacial score (nSPS) is 33.5. The molecule has 2 aliphatic rings. The Morgan fingerprint density at radius 1 is 1.24 bits per heavy atom. The first-order valence-corrected chi connectivity index (χ1v) is 7.13. The van der Waals surface area contributed by atoms with E-state index in [-0.39, 0.29) is 5.91 Å². The van der Waals surface area contributed by atoms with Gasteiger partial charge in [0.1, 0.15) is 0 Å². The number of carbonyl (C=O) groups is 1. The van der Waals surface area contributed by atoms with Gasteiger partial charge in [-0.2, -0.15) is 0 Å². The average Bonchev–Trinajstić information content (AvgIpc) is 2.29. The van der Waals surface area contributed by atoms with Crippen molar-refractivity contribution in [3.05, 3.63) is 0 Å². The van der Waals surface area contributed by atoms with Gasteiger partial charge in [-0.05, 0) is 38.5 Å². The van der Waals surface area contributed by atoms with E-state index in [9.17, 15) is 4.79 Å². The third-order valence-corrected chi connectivity index (χ3v) is 4.57. The van der Waals surface area contributed by atoms with Crippen molar-refractivity contribution in [3.8, 4) is 0 Å². The van der Waals surface area contributed by atoms with Crippen LogP contribution < -0.4 is 5.73 Å². The van der Waals surface area contributed by atoms with Gasteiger partial charge in [0, 0.05) is 12.6 Å². The maximum Gasteiger partial charge on any atom is 0.242 e. The quantitative estimate of drug-likeness (QED) is 0.762. The van der Waals surface area contributed by atoms with Gasteiger partial charge in [0.15, 0.2) is 0 Å². The molecule has 2 N–H and O–H groups in total. The van der Waals surface area contributed by atoms with Crippen LogP contribution in [-0.2, 0) is 4.79 Å². The number of amides is 1. The van der Waals surface area contributed by atoms with Gasteiger partial charge >= 0.3 is 0 Å². The number of nitrogens with zero attached hydrogens (tertiary/aromatic N) is 1. The van der Waals surface area contributed by atoms with E-state index >= 15 is 0 Å². The molecule has 3 heteroatoms. The second-order valence-electron chi connectivity index (χ2n) is 6.19. The molecule has 0 aromatic heterocycles. The lowest BCUT2D eigenvalue weighted by atomic mass is 9.80. The summed E-state index contributed by atoms with van der Waals surface area (Å²) in [6.07, 6.45) is 7.48. The van der Waals surface area contributed by atoms with Gasteiger partial charge in [-0.1, -0.05) is 26.2 Å². The molecule has 0 spiro atoms. The summed E-state index contributed by atoms with van der Waals surface area (Å²) in [5.74, 6) is 0.964. The zero-order valence-electron chi connectivity index (χ0n) is 11.2. The van der Waals surface area contributed by atoms with Crippen molar-refractivity contribution in [1.82, 2.24) is 4.90 Å². The highest BCUT2D eigenvalue weighted by Gasteiger charge is 2.40.